The van der Waals surface area contributed by atoms with Gasteiger partial charge >= 0.3 is 5.69 Å². The third-order valence-electron chi connectivity index (χ3n) is 7.07. The number of amides is 1. The maximum Gasteiger partial charge on any atom is 0.323 e. The largest absolute Gasteiger partial charge is 0.489 e. The van der Waals surface area contributed by atoms with Gasteiger partial charge < -0.3 is 40.1 Å². The average Bonchev–Trinajstić information content (AvgIpc) is 3.33. The molecule has 2 fully saturated rings. The minimum atomic E-state index is -0.667. The van der Waals surface area contributed by atoms with Crippen LogP contribution in [0.4, 0.5) is 11.4 Å². The number of aromatic nitrogens is 2. The first-order valence-electron chi connectivity index (χ1n) is 13.2. The molecule has 3 aromatic rings. The number of benzene rings is 2. The number of fused-ring (bicyclic) bond motifs is 1. The lowest BCUT2D eigenvalue weighted by atomic mass is 10.0. The minimum Gasteiger partial charge on any atom is -0.489 e. The second-order valence-electron chi connectivity index (χ2n) is 9.88. The Bertz CT molecular complexity index is 1240. The van der Waals surface area contributed by atoms with Crippen molar-refractivity contribution in [2.75, 3.05) is 69.3 Å². The molecule has 38 heavy (non-hydrogen) atoms. The van der Waals surface area contributed by atoms with Gasteiger partial charge in [0.05, 0.1) is 25.3 Å². The van der Waals surface area contributed by atoms with Crippen molar-refractivity contribution in [1.82, 2.24) is 20.2 Å². The standard InChI is InChI=1S/C27H36N6O5/c34-22(18-38-24-3-1-2-23-26(24)31-27(36)30-23)16-28-19-8-10-33(11-9-19)21-6-4-20(5-7-21)29-25(35)17-32-12-14-37-15-13-32/h1-7,19,22,28,34H,8-18H2,(H,29,35)(H2,30,31,36)/t22-/m0/s1. The Hall–Kier alpha value is -3.38. The van der Waals surface area contributed by atoms with Crippen molar-refractivity contribution < 1.29 is 19.4 Å². The van der Waals surface area contributed by atoms with Gasteiger partial charge in [-0.15, -0.1) is 0 Å². The van der Waals surface area contributed by atoms with E-state index < -0.39 is 6.10 Å². The fourth-order valence-electron chi connectivity index (χ4n) is 4.96. The highest BCUT2D eigenvalue weighted by atomic mass is 16.5. The van der Waals surface area contributed by atoms with Gasteiger partial charge in [-0.25, -0.2) is 4.79 Å². The number of hydrogen-bond acceptors (Lipinski definition) is 8. The number of H-pyrrole nitrogens is 2. The molecule has 2 aliphatic heterocycles. The van der Waals surface area contributed by atoms with Gasteiger partial charge in [0.25, 0.3) is 0 Å². The quantitative estimate of drug-likeness (QED) is 0.266. The number of hydrogen-bond donors (Lipinski definition) is 5. The smallest absolute Gasteiger partial charge is 0.323 e. The van der Waals surface area contributed by atoms with Crippen LogP contribution in [0, 0.1) is 0 Å². The lowest BCUT2D eigenvalue weighted by Crippen LogP contribution is -2.45. The summed E-state index contributed by atoms with van der Waals surface area (Å²) >= 11 is 0. The fraction of sp³-hybridized carbons (Fsp3) is 0.481. The number of carbonyl (C=O) groups is 1. The van der Waals surface area contributed by atoms with Crippen LogP contribution in [-0.4, -0.2) is 97.1 Å². The van der Waals surface area contributed by atoms with Crippen LogP contribution in [0.5, 0.6) is 5.75 Å². The van der Waals surface area contributed by atoms with E-state index >= 15 is 0 Å². The van der Waals surface area contributed by atoms with Gasteiger partial charge in [0.1, 0.15) is 24.0 Å². The molecule has 5 rings (SSSR count). The summed E-state index contributed by atoms with van der Waals surface area (Å²) in [5, 5.41) is 16.9. The Balaban J connectivity index is 1.01. The number of ether oxygens (including phenoxy) is 2. The lowest BCUT2D eigenvalue weighted by Gasteiger charge is -2.34. The molecule has 11 nitrogen and oxygen atoms in total. The van der Waals surface area contributed by atoms with Crippen LogP contribution in [0.2, 0.25) is 0 Å². The summed E-state index contributed by atoms with van der Waals surface area (Å²) in [5.74, 6) is 0.534. The Morgan fingerprint density at radius 3 is 2.61 bits per heavy atom. The van der Waals surface area contributed by atoms with Crippen molar-refractivity contribution in [3.8, 4) is 5.75 Å². The van der Waals surface area contributed by atoms with Crippen LogP contribution in [-0.2, 0) is 9.53 Å². The van der Waals surface area contributed by atoms with Crippen LogP contribution < -0.4 is 26.0 Å². The number of rotatable bonds is 10. The third-order valence-corrected chi connectivity index (χ3v) is 7.07. The second-order valence-corrected chi connectivity index (χ2v) is 9.88. The van der Waals surface area contributed by atoms with Crippen LogP contribution >= 0.6 is 0 Å². The van der Waals surface area contributed by atoms with Crippen molar-refractivity contribution in [3.05, 3.63) is 52.9 Å². The number of morpholine rings is 1. The molecule has 0 spiro atoms. The van der Waals surface area contributed by atoms with Gasteiger partial charge in [0, 0.05) is 50.1 Å². The van der Waals surface area contributed by atoms with E-state index in [1.807, 2.05) is 12.1 Å². The Kier molecular flexibility index (Phi) is 8.59. The van der Waals surface area contributed by atoms with Crippen LogP contribution in [0.1, 0.15) is 12.8 Å². The number of nitrogens with zero attached hydrogens (tertiary/aromatic N) is 2. The third kappa shape index (κ3) is 6.93. The lowest BCUT2D eigenvalue weighted by molar-refractivity contribution is -0.118. The number of carbonyl (C=O) groups excluding carboxylic acids is 1. The van der Waals surface area contributed by atoms with Gasteiger partial charge in [-0.05, 0) is 49.2 Å². The molecule has 2 aliphatic rings. The molecule has 5 N–H and O–H groups in total. The first-order valence-corrected chi connectivity index (χ1v) is 13.2. The van der Waals surface area contributed by atoms with E-state index in [1.54, 1.807) is 18.2 Å². The summed E-state index contributed by atoms with van der Waals surface area (Å²) < 4.78 is 11.1. The molecular formula is C27H36N6O5. The Morgan fingerprint density at radius 2 is 1.84 bits per heavy atom. The SMILES string of the molecule is O=C(CN1CCOCC1)Nc1ccc(N2CCC(NC[C@H](O)COc3cccc4[nH]c(=O)[nH]c34)CC2)cc1. The van der Waals surface area contributed by atoms with E-state index in [4.69, 9.17) is 9.47 Å². The van der Waals surface area contributed by atoms with Crippen LogP contribution in [0.15, 0.2) is 47.3 Å². The van der Waals surface area contributed by atoms with Crippen LogP contribution in [0.3, 0.4) is 0 Å². The number of para-hydroxylation sites is 1. The molecule has 3 heterocycles. The molecule has 0 bridgehead atoms. The zero-order valence-electron chi connectivity index (χ0n) is 21.4. The molecule has 0 saturated carbocycles. The van der Waals surface area contributed by atoms with Crippen molar-refractivity contribution >= 4 is 28.3 Å². The molecule has 2 saturated heterocycles. The summed E-state index contributed by atoms with van der Waals surface area (Å²) in [7, 11) is 0. The van der Waals surface area contributed by atoms with Gasteiger partial charge in [-0.3, -0.25) is 9.69 Å². The van der Waals surface area contributed by atoms with Crippen molar-refractivity contribution in [2.45, 2.75) is 25.0 Å². The molecule has 1 amide bonds. The van der Waals surface area contributed by atoms with E-state index in [-0.39, 0.29) is 18.2 Å². The fourth-order valence-corrected chi connectivity index (χ4v) is 4.96. The number of nitrogens with one attached hydrogen (secondary N) is 4. The Morgan fingerprint density at radius 1 is 1.08 bits per heavy atom. The topological polar surface area (TPSA) is 135 Å². The van der Waals surface area contributed by atoms with Gasteiger partial charge in [0.2, 0.25) is 5.91 Å². The zero-order valence-corrected chi connectivity index (χ0v) is 21.4. The molecule has 1 atom stereocenters. The molecule has 1 aromatic heterocycles. The summed E-state index contributed by atoms with van der Waals surface area (Å²) in [6.07, 6.45) is 1.27. The monoisotopic (exact) mass is 524 g/mol. The highest BCUT2D eigenvalue weighted by molar-refractivity contribution is 5.92. The number of imidazole rings is 1. The first kappa shape index (κ1) is 26.2. The van der Waals surface area contributed by atoms with E-state index in [0.717, 1.165) is 50.4 Å². The highest BCUT2D eigenvalue weighted by Gasteiger charge is 2.20. The first-order chi connectivity index (χ1) is 18.5. The van der Waals surface area contributed by atoms with E-state index in [0.29, 0.717) is 49.1 Å². The van der Waals surface area contributed by atoms with Gasteiger partial charge in [0.15, 0.2) is 0 Å². The molecule has 11 heteroatoms. The maximum atomic E-state index is 12.3. The normalized spacial score (nSPS) is 18.0. The molecule has 0 unspecified atom stereocenters. The van der Waals surface area contributed by atoms with E-state index in [9.17, 15) is 14.7 Å². The van der Waals surface area contributed by atoms with Crippen molar-refractivity contribution in [1.29, 1.82) is 0 Å². The van der Waals surface area contributed by atoms with Crippen molar-refractivity contribution in [3.63, 3.8) is 0 Å². The average molecular weight is 525 g/mol. The molecule has 204 valence electrons. The van der Waals surface area contributed by atoms with E-state index in [1.165, 1.54) is 0 Å². The summed E-state index contributed by atoms with van der Waals surface area (Å²) in [5.41, 5.74) is 2.94. The number of aliphatic hydroxyl groups excluding tert-OH is 1. The molecule has 0 radical (unpaired) electrons. The molecular weight excluding hydrogens is 488 g/mol. The summed E-state index contributed by atoms with van der Waals surface area (Å²) in [6.45, 7) is 5.71. The number of anilines is 2. The molecule has 0 aliphatic carbocycles. The minimum absolute atomic E-state index is 0.00409. The van der Waals surface area contributed by atoms with Gasteiger partial charge in [-0.1, -0.05) is 6.07 Å². The van der Waals surface area contributed by atoms with E-state index in [2.05, 4.69) is 42.5 Å². The van der Waals surface area contributed by atoms with Gasteiger partial charge in [-0.2, -0.15) is 0 Å². The number of piperidine rings is 1. The predicted molar refractivity (Wildman–Crippen MR) is 146 cm³/mol. The number of aromatic amines is 2. The van der Waals surface area contributed by atoms with Crippen molar-refractivity contribution in [2.24, 2.45) is 0 Å². The summed E-state index contributed by atoms with van der Waals surface area (Å²) in [4.78, 5) is 33.7. The Labute approximate surface area is 221 Å². The maximum absolute atomic E-state index is 12.3. The zero-order chi connectivity index (χ0) is 26.3. The predicted octanol–water partition coefficient (Wildman–Crippen LogP) is 1.13. The van der Waals surface area contributed by atoms with Crippen LogP contribution in [0.25, 0.3) is 11.0 Å². The second kappa shape index (κ2) is 12.4. The highest BCUT2D eigenvalue weighted by Crippen LogP contribution is 2.23. The number of aliphatic hydroxyl groups is 1. The summed E-state index contributed by atoms with van der Waals surface area (Å²) in [6, 6.07) is 13.7. The molecule has 2 aromatic carbocycles.